The molecule has 4 nitrogen and oxygen atoms in total. The highest BCUT2D eigenvalue weighted by Gasteiger charge is 2.40. The maximum atomic E-state index is 6.83. The van der Waals surface area contributed by atoms with Crippen LogP contribution in [0.15, 0.2) is 179 Å². The largest absolute Gasteiger partial charge is 0.455 e. The molecule has 8 aromatic carbocycles. The molecule has 53 heavy (non-hydrogen) atoms. The van der Waals surface area contributed by atoms with E-state index in [9.17, 15) is 0 Å². The van der Waals surface area contributed by atoms with Gasteiger partial charge in [0.05, 0.1) is 11.4 Å². The number of anilines is 2. The van der Waals surface area contributed by atoms with Crippen LogP contribution in [0.4, 0.5) is 11.4 Å². The van der Waals surface area contributed by atoms with Gasteiger partial charge in [0.1, 0.15) is 16.7 Å². The van der Waals surface area contributed by atoms with E-state index in [1.807, 2.05) is 12.1 Å². The molecule has 0 fully saturated rings. The van der Waals surface area contributed by atoms with Gasteiger partial charge in [-0.15, -0.1) is 0 Å². The second-order valence-corrected chi connectivity index (χ2v) is 14.3. The smallest absolute Gasteiger partial charge is 0.227 e. The Balaban J connectivity index is 1.04. The molecule has 0 saturated carbocycles. The predicted octanol–water partition coefficient (Wildman–Crippen LogP) is 13.1. The fraction of sp³-hybridized carbons (Fsp3) is 0.0408. The Morgan fingerprint density at radius 1 is 0.566 bits per heavy atom. The monoisotopic (exact) mass is 678 g/mol. The highest BCUT2D eigenvalue weighted by atomic mass is 16.4. The van der Waals surface area contributed by atoms with Crippen LogP contribution in [-0.4, -0.2) is 11.0 Å². The number of oxazole rings is 1. The molecule has 0 bridgehead atoms. The zero-order valence-corrected chi connectivity index (χ0v) is 28.5. The second-order valence-electron chi connectivity index (χ2n) is 14.3. The van der Waals surface area contributed by atoms with Crippen molar-refractivity contribution in [3.05, 3.63) is 181 Å². The van der Waals surface area contributed by atoms with E-state index in [1.54, 1.807) is 0 Å². The zero-order valence-electron chi connectivity index (χ0n) is 28.5. The number of para-hydroxylation sites is 1. The molecule has 2 atom stereocenters. The summed E-state index contributed by atoms with van der Waals surface area (Å²) in [6.45, 7) is 0. The fourth-order valence-electron chi connectivity index (χ4n) is 8.92. The van der Waals surface area contributed by atoms with Crippen LogP contribution in [0.2, 0.25) is 0 Å². The number of rotatable bonds is 3. The standard InChI is InChI=1S/C49H30N2O2/c1-3-12-32-25-34(18-17-29(32)9-1)39-28-41-48(46-38-15-7-8-16-44(38)52-47(39)46)53-49(50-41)35-21-23-42-40(27-35)45-37-14-6-5-11-31(37)20-24-43(45)51(42)36-22-19-30-10-2-4-13-33(30)26-36/h1-28,40,42H. The third kappa shape index (κ3) is 4.21. The second kappa shape index (κ2) is 10.8. The fourth-order valence-corrected chi connectivity index (χ4v) is 8.92. The minimum atomic E-state index is 0.0977. The lowest BCUT2D eigenvalue weighted by molar-refractivity contribution is 0.586. The Kier molecular flexibility index (Phi) is 5.86. The average molecular weight is 679 g/mol. The van der Waals surface area contributed by atoms with Gasteiger partial charge < -0.3 is 13.7 Å². The first-order valence-corrected chi connectivity index (χ1v) is 18.2. The van der Waals surface area contributed by atoms with Crippen LogP contribution >= 0.6 is 0 Å². The van der Waals surface area contributed by atoms with E-state index < -0.39 is 0 Å². The molecule has 2 aromatic heterocycles. The molecule has 3 heterocycles. The minimum Gasteiger partial charge on any atom is -0.455 e. The molecule has 12 rings (SSSR count). The van der Waals surface area contributed by atoms with Crippen molar-refractivity contribution in [1.29, 1.82) is 0 Å². The molecule has 0 N–H and O–H groups in total. The van der Waals surface area contributed by atoms with Crippen LogP contribution in [0.5, 0.6) is 0 Å². The molecule has 248 valence electrons. The molecule has 0 spiro atoms. The zero-order chi connectivity index (χ0) is 34.6. The van der Waals surface area contributed by atoms with Gasteiger partial charge in [0, 0.05) is 33.8 Å². The molecule has 4 heteroatoms. The summed E-state index contributed by atoms with van der Waals surface area (Å²) in [6, 6.07) is 54.2. The highest BCUT2D eigenvalue weighted by Crippen LogP contribution is 2.52. The van der Waals surface area contributed by atoms with Gasteiger partial charge in [0.25, 0.3) is 0 Å². The summed E-state index contributed by atoms with van der Waals surface area (Å²) in [4.78, 5) is 7.73. The van der Waals surface area contributed by atoms with Crippen LogP contribution in [0.1, 0.15) is 17.4 Å². The quantitative estimate of drug-likeness (QED) is 0.187. The van der Waals surface area contributed by atoms with Gasteiger partial charge in [0.15, 0.2) is 5.58 Å². The molecule has 10 aromatic rings. The number of aromatic nitrogens is 1. The predicted molar refractivity (Wildman–Crippen MR) is 218 cm³/mol. The van der Waals surface area contributed by atoms with E-state index in [0.717, 1.165) is 49.7 Å². The molecule has 0 radical (unpaired) electrons. The van der Waals surface area contributed by atoms with Gasteiger partial charge in [0.2, 0.25) is 5.89 Å². The van der Waals surface area contributed by atoms with Crippen molar-refractivity contribution in [2.75, 3.05) is 4.90 Å². The Morgan fingerprint density at radius 3 is 2.11 bits per heavy atom. The molecular formula is C49H30N2O2. The van der Waals surface area contributed by atoms with Gasteiger partial charge >= 0.3 is 0 Å². The van der Waals surface area contributed by atoms with Crippen LogP contribution in [0.25, 0.3) is 82.1 Å². The van der Waals surface area contributed by atoms with Crippen molar-refractivity contribution in [2.24, 2.45) is 0 Å². The van der Waals surface area contributed by atoms with E-state index in [0.29, 0.717) is 5.89 Å². The van der Waals surface area contributed by atoms with Gasteiger partial charge in [-0.25, -0.2) is 4.98 Å². The lowest BCUT2D eigenvalue weighted by Gasteiger charge is -2.29. The summed E-state index contributed by atoms with van der Waals surface area (Å²) in [5.41, 5.74) is 10.0. The molecule has 1 aliphatic heterocycles. The number of allylic oxidation sites excluding steroid dienone is 2. The van der Waals surface area contributed by atoms with Crippen molar-refractivity contribution in [1.82, 2.24) is 4.98 Å². The van der Waals surface area contributed by atoms with E-state index in [4.69, 9.17) is 13.8 Å². The summed E-state index contributed by atoms with van der Waals surface area (Å²) >= 11 is 0. The van der Waals surface area contributed by atoms with Crippen molar-refractivity contribution < 1.29 is 8.83 Å². The Bertz CT molecular complexity index is 3220. The van der Waals surface area contributed by atoms with Crippen LogP contribution in [-0.2, 0) is 0 Å². The molecular weight excluding hydrogens is 649 g/mol. The minimum absolute atomic E-state index is 0.0977. The van der Waals surface area contributed by atoms with E-state index in [1.165, 1.54) is 49.3 Å². The van der Waals surface area contributed by atoms with Crippen LogP contribution < -0.4 is 4.90 Å². The van der Waals surface area contributed by atoms with Gasteiger partial charge in [-0.1, -0.05) is 133 Å². The van der Waals surface area contributed by atoms with Gasteiger partial charge in [-0.3, -0.25) is 0 Å². The van der Waals surface area contributed by atoms with Crippen molar-refractivity contribution >= 4 is 82.3 Å². The molecule has 0 saturated heterocycles. The number of fused-ring (bicyclic) bond motifs is 12. The summed E-state index contributed by atoms with van der Waals surface area (Å²) in [5, 5.41) is 9.36. The first kappa shape index (κ1) is 28.8. The number of nitrogens with zero attached hydrogens (tertiary/aromatic N) is 2. The maximum Gasteiger partial charge on any atom is 0.227 e. The van der Waals surface area contributed by atoms with Crippen molar-refractivity contribution in [2.45, 2.75) is 12.0 Å². The van der Waals surface area contributed by atoms with Crippen molar-refractivity contribution in [3.8, 4) is 11.1 Å². The lowest BCUT2D eigenvalue weighted by atomic mass is 9.86. The number of furan rings is 1. The Morgan fingerprint density at radius 2 is 1.26 bits per heavy atom. The first-order chi connectivity index (χ1) is 26.2. The van der Waals surface area contributed by atoms with Crippen LogP contribution in [0, 0.1) is 0 Å². The molecule has 0 amide bonds. The third-order valence-electron chi connectivity index (χ3n) is 11.4. The Labute approximate surface area is 304 Å². The molecule has 1 aliphatic carbocycles. The topological polar surface area (TPSA) is 42.4 Å². The summed E-state index contributed by atoms with van der Waals surface area (Å²) in [7, 11) is 0. The van der Waals surface area contributed by atoms with Crippen molar-refractivity contribution in [3.63, 3.8) is 0 Å². The van der Waals surface area contributed by atoms with Gasteiger partial charge in [-0.2, -0.15) is 0 Å². The van der Waals surface area contributed by atoms with Crippen LogP contribution in [0.3, 0.4) is 0 Å². The summed E-state index contributed by atoms with van der Waals surface area (Å²) < 4.78 is 13.4. The SMILES string of the molecule is C1=CC2C(C=C1c1nc3cc(-c4ccc5ccccc5c4)c4oc5ccccc5c4c3o1)c1c(ccc3ccccc13)N2c1ccc2ccccc2c1. The Hall–Kier alpha value is -6.91. The maximum absolute atomic E-state index is 6.83. The summed E-state index contributed by atoms with van der Waals surface area (Å²) in [5.74, 6) is 0.711. The summed E-state index contributed by atoms with van der Waals surface area (Å²) in [6.07, 6.45) is 6.90. The molecule has 2 aliphatic rings. The van der Waals surface area contributed by atoms with Gasteiger partial charge in [-0.05, 0) is 79.8 Å². The van der Waals surface area contributed by atoms with E-state index >= 15 is 0 Å². The van der Waals surface area contributed by atoms with E-state index in [2.05, 4.69) is 163 Å². The number of benzene rings is 8. The third-order valence-corrected chi connectivity index (χ3v) is 11.4. The first-order valence-electron chi connectivity index (χ1n) is 18.2. The normalized spacial score (nSPS) is 16.7. The number of hydrogen-bond donors (Lipinski definition) is 0. The lowest BCUT2D eigenvalue weighted by Crippen LogP contribution is -2.28. The average Bonchev–Trinajstić information content (AvgIpc) is 3.92. The number of hydrogen-bond acceptors (Lipinski definition) is 4. The molecule has 2 unspecified atom stereocenters. The highest BCUT2D eigenvalue weighted by molar-refractivity contribution is 6.20. The van der Waals surface area contributed by atoms with E-state index in [-0.39, 0.29) is 12.0 Å².